The van der Waals surface area contributed by atoms with Crippen molar-refractivity contribution in [3.05, 3.63) is 75.5 Å². The summed E-state index contributed by atoms with van der Waals surface area (Å²) in [7, 11) is 1.29. The molecule has 0 saturated carbocycles. The molecule has 3 heterocycles. The Morgan fingerprint density at radius 1 is 1.22 bits per heavy atom. The highest BCUT2D eigenvalue weighted by molar-refractivity contribution is 7.17. The summed E-state index contributed by atoms with van der Waals surface area (Å²) in [6.07, 6.45) is 0. The fourth-order valence-corrected chi connectivity index (χ4v) is 3.95. The van der Waals surface area contributed by atoms with Crippen LogP contribution in [0.5, 0.6) is 0 Å². The zero-order valence-corrected chi connectivity index (χ0v) is 15.6. The van der Waals surface area contributed by atoms with Crippen molar-refractivity contribution in [3.8, 4) is 11.1 Å². The van der Waals surface area contributed by atoms with Crippen LogP contribution in [0.15, 0.2) is 57.1 Å². The van der Waals surface area contributed by atoms with Crippen LogP contribution in [0.3, 0.4) is 0 Å². The van der Waals surface area contributed by atoms with E-state index in [1.807, 2.05) is 35.7 Å². The Labute approximate surface area is 158 Å². The van der Waals surface area contributed by atoms with E-state index in [-0.39, 0.29) is 17.9 Å². The normalized spacial score (nSPS) is 11.0. The number of aryl methyl sites for hydroxylation is 1. The number of furan rings is 1. The van der Waals surface area contributed by atoms with E-state index in [2.05, 4.69) is 9.72 Å². The molecular formula is C20H16N2O4S. The average molecular weight is 380 g/mol. The molecule has 0 spiro atoms. The molecule has 0 fully saturated rings. The summed E-state index contributed by atoms with van der Waals surface area (Å²) < 4.78 is 11.7. The fraction of sp³-hybridized carbons (Fsp3) is 0.150. The van der Waals surface area contributed by atoms with Crippen molar-refractivity contribution in [2.45, 2.75) is 13.5 Å². The number of esters is 1. The van der Waals surface area contributed by atoms with Gasteiger partial charge in [0.1, 0.15) is 16.4 Å². The number of benzene rings is 1. The Balaban J connectivity index is 1.81. The summed E-state index contributed by atoms with van der Waals surface area (Å²) in [6, 6.07) is 13.0. The van der Waals surface area contributed by atoms with Crippen LogP contribution in [0.25, 0.3) is 21.3 Å². The molecule has 4 aromatic rings. The molecule has 0 bridgehead atoms. The Morgan fingerprint density at radius 2 is 2.00 bits per heavy atom. The lowest BCUT2D eigenvalue weighted by molar-refractivity contribution is 0.0563. The van der Waals surface area contributed by atoms with E-state index in [1.54, 1.807) is 17.6 Å². The molecule has 0 atom stereocenters. The van der Waals surface area contributed by atoms with Gasteiger partial charge in [-0.1, -0.05) is 30.3 Å². The Bertz CT molecular complexity index is 1190. The number of hydrogen-bond donors (Lipinski definition) is 0. The maximum Gasteiger partial charge on any atom is 0.373 e. The van der Waals surface area contributed by atoms with Crippen LogP contribution in [-0.2, 0) is 11.3 Å². The first kappa shape index (κ1) is 17.2. The minimum absolute atomic E-state index is 0.104. The van der Waals surface area contributed by atoms with Gasteiger partial charge in [-0.25, -0.2) is 9.78 Å². The van der Waals surface area contributed by atoms with Crippen molar-refractivity contribution >= 4 is 27.5 Å². The number of nitrogens with zero attached hydrogens (tertiary/aromatic N) is 2. The van der Waals surface area contributed by atoms with Gasteiger partial charge in [-0.2, -0.15) is 0 Å². The van der Waals surface area contributed by atoms with Gasteiger partial charge in [-0.3, -0.25) is 9.36 Å². The van der Waals surface area contributed by atoms with Gasteiger partial charge >= 0.3 is 5.97 Å². The number of ether oxygens (including phenoxy) is 1. The van der Waals surface area contributed by atoms with Crippen molar-refractivity contribution in [2.75, 3.05) is 7.11 Å². The van der Waals surface area contributed by atoms with Crippen LogP contribution in [0.2, 0.25) is 0 Å². The highest BCUT2D eigenvalue weighted by atomic mass is 32.1. The summed E-state index contributed by atoms with van der Waals surface area (Å²) >= 11 is 1.45. The Hall–Kier alpha value is -3.19. The molecule has 0 unspecified atom stereocenters. The molecule has 0 aliphatic rings. The van der Waals surface area contributed by atoms with Crippen LogP contribution in [0, 0.1) is 6.92 Å². The number of thiophene rings is 1. The SMILES string of the molecule is COC(=O)c1ccc(Cn2c(C)nc3scc(-c4ccccc4)c3c2=O)o1. The third-order valence-corrected chi connectivity index (χ3v) is 5.20. The summed E-state index contributed by atoms with van der Waals surface area (Å²) in [4.78, 5) is 30.1. The van der Waals surface area contributed by atoms with Gasteiger partial charge in [0, 0.05) is 10.9 Å². The van der Waals surface area contributed by atoms with E-state index in [0.29, 0.717) is 21.8 Å². The quantitative estimate of drug-likeness (QED) is 0.503. The molecule has 7 heteroatoms. The van der Waals surface area contributed by atoms with Gasteiger partial charge in [0.2, 0.25) is 5.76 Å². The zero-order valence-electron chi connectivity index (χ0n) is 14.8. The first-order valence-electron chi connectivity index (χ1n) is 8.29. The maximum absolute atomic E-state index is 13.2. The summed E-state index contributed by atoms with van der Waals surface area (Å²) in [5.41, 5.74) is 1.72. The molecule has 0 amide bonds. The van der Waals surface area contributed by atoms with E-state index >= 15 is 0 Å². The highest BCUT2D eigenvalue weighted by Gasteiger charge is 2.17. The average Bonchev–Trinajstić information content (AvgIpc) is 3.32. The van der Waals surface area contributed by atoms with Crippen molar-refractivity contribution in [1.82, 2.24) is 9.55 Å². The third-order valence-electron chi connectivity index (χ3n) is 4.33. The predicted molar refractivity (Wildman–Crippen MR) is 103 cm³/mol. The lowest BCUT2D eigenvalue weighted by atomic mass is 10.1. The van der Waals surface area contributed by atoms with Crippen molar-refractivity contribution in [3.63, 3.8) is 0 Å². The molecule has 6 nitrogen and oxygen atoms in total. The number of hydrogen-bond acceptors (Lipinski definition) is 6. The van der Waals surface area contributed by atoms with E-state index in [1.165, 1.54) is 24.5 Å². The lowest BCUT2D eigenvalue weighted by Crippen LogP contribution is -2.24. The molecule has 0 aliphatic heterocycles. The number of aromatic nitrogens is 2. The summed E-state index contributed by atoms with van der Waals surface area (Å²) in [6.45, 7) is 1.97. The van der Waals surface area contributed by atoms with E-state index < -0.39 is 5.97 Å². The number of carbonyl (C=O) groups excluding carboxylic acids is 1. The second-order valence-electron chi connectivity index (χ2n) is 6.00. The topological polar surface area (TPSA) is 74.3 Å². The van der Waals surface area contributed by atoms with Crippen molar-refractivity contribution < 1.29 is 13.9 Å². The second kappa shape index (κ2) is 6.85. The summed E-state index contributed by atoms with van der Waals surface area (Å²) in [5.74, 6) is 0.624. The molecule has 0 saturated heterocycles. The number of fused-ring (bicyclic) bond motifs is 1. The molecule has 1 aromatic carbocycles. The molecule has 0 aliphatic carbocycles. The van der Waals surface area contributed by atoms with Crippen LogP contribution < -0.4 is 5.56 Å². The zero-order chi connectivity index (χ0) is 19.0. The summed E-state index contributed by atoms with van der Waals surface area (Å²) in [5, 5.41) is 2.55. The molecule has 27 heavy (non-hydrogen) atoms. The lowest BCUT2D eigenvalue weighted by Gasteiger charge is -2.08. The van der Waals surface area contributed by atoms with E-state index in [4.69, 9.17) is 4.42 Å². The molecule has 0 radical (unpaired) electrons. The van der Waals surface area contributed by atoms with E-state index in [0.717, 1.165) is 11.1 Å². The predicted octanol–water partition coefficient (Wildman–Crippen LogP) is 3.86. The Kier molecular flexibility index (Phi) is 4.37. The maximum atomic E-state index is 13.2. The molecule has 4 rings (SSSR count). The van der Waals surface area contributed by atoms with Crippen LogP contribution in [-0.4, -0.2) is 22.6 Å². The van der Waals surface area contributed by atoms with Gasteiger partial charge in [0.05, 0.1) is 19.0 Å². The van der Waals surface area contributed by atoms with Gasteiger partial charge in [-0.05, 0) is 24.6 Å². The monoisotopic (exact) mass is 380 g/mol. The smallest absolute Gasteiger partial charge is 0.373 e. The molecular weight excluding hydrogens is 364 g/mol. The van der Waals surface area contributed by atoms with Gasteiger partial charge in [0.25, 0.3) is 5.56 Å². The number of carbonyl (C=O) groups is 1. The third kappa shape index (κ3) is 3.06. The van der Waals surface area contributed by atoms with E-state index in [9.17, 15) is 9.59 Å². The van der Waals surface area contributed by atoms with Crippen LogP contribution >= 0.6 is 11.3 Å². The first-order chi connectivity index (χ1) is 13.1. The standard InChI is InChI=1S/C20H16N2O4S/c1-12-21-18-17(15(11-27-18)13-6-4-3-5-7-13)19(23)22(12)10-14-8-9-16(26-14)20(24)25-2/h3-9,11H,10H2,1-2H3. The second-order valence-corrected chi connectivity index (χ2v) is 6.86. The van der Waals surface area contributed by atoms with Crippen molar-refractivity contribution in [1.29, 1.82) is 0 Å². The number of methoxy groups -OCH3 is 1. The van der Waals surface area contributed by atoms with Crippen molar-refractivity contribution in [2.24, 2.45) is 0 Å². The molecule has 0 N–H and O–H groups in total. The van der Waals surface area contributed by atoms with Crippen LogP contribution in [0.1, 0.15) is 22.1 Å². The van der Waals surface area contributed by atoms with Gasteiger partial charge in [-0.15, -0.1) is 11.3 Å². The van der Waals surface area contributed by atoms with Gasteiger partial charge < -0.3 is 9.15 Å². The van der Waals surface area contributed by atoms with Gasteiger partial charge in [0.15, 0.2) is 0 Å². The highest BCUT2D eigenvalue weighted by Crippen LogP contribution is 2.30. The first-order valence-corrected chi connectivity index (χ1v) is 9.17. The molecule has 3 aromatic heterocycles. The number of rotatable bonds is 4. The Morgan fingerprint density at radius 3 is 2.74 bits per heavy atom. The fourth-order valence-electron chi connectivity index (χ4n) is 2.97. The largest absolute Gasteiger partial charge is 0.463 e. The van der Waals surface area contributed by atoms with Crippen LogP contribution in [0.4, 0.5) is 0 Å². The minimum atomic E-state index is -0.553. The molecule has 136 valence electrons. The minimum Gasteiger partial charge on any atom is -0.463 e.